The van der Waals surface area contributed by atoms with Gasteiger partial charge in [0.25, 0.3) is 11.6 Å². The predicted octanol–water partition coefficient (Wildman–Crippen LogP) is 3.55. The molecule has 0 aliphatic rings. The highest BCUT2D eigenvalue weighted by atomic mass is 35.5. The number of nitro groups is 1. The summed E-state index contributed by atoms with van der Waals surface area (Å²) >= 11 is 5.75. The SMILES string of the molecule is CCOc1ccc(NC(=O)NC(=O)COC(=O)c2cc(Cl)ccc2[N+](=O)[O-])cc1OCC. The Bertz CT molecular complexity index is 1030. The zero-order chi connectivity index (χ0) is 23.7. The molecular formula is C20H20ClN3O8. The van der Waals surface area contributed by atoms with Crippen LogP contribution in [0.15, 0.2) is 36.4 Å². The molecule has 0 atom stereocenters. The first-order chi connectivity index (χ1) is 15.2. The average Bonchev–Trinajstić information content (AvgIpc) is 2.73. The van der Waals surface area contributed by atoms with Crippen LogP contribution in [0.4, 0.5) is 16.2 Å². The molecule has 0 unspecified atom stereocenters. The van der Waals surface area contributed by atoms with E-state index < -0.39 is 40.7 Å². The molecule has 0 heterocycles. The fraction of sp³-hybridized carbons (Fsp3) is 0.250. The first kappa shape index (κ1) is 24.4. The molecule has 0 aliphatic carbocycles. The van der Waals surface area contributed by atoms with E-state index in [9.17, 15) is 24.5 Å². The Balaban J connectivity index is 1.94. The van der Waals surface area contributed by atoms with Gasteiger partial charge in [-0.1, -0.05) is 11.6 Å². The van der Waals surface area contributed by atoms with E-state index in [0.717, 1.165) is 12.1 Å². The Morgan fingerprint density at radius 3 is 2.38 bits per heavy atom. The molecule has 32 heavy (non-hydrogen) atoms. The molecule has 0 saturated heterocycles. The lowest BCUT2D eigenvalue weighted by Crippen LogP contribution is -2.37. The molecule has 0 aromatic heterocycles. The van der Waals surface area contributed by atoms with Gasteiger partial charge < -0.3 is 19.5 Å². The minimum absolute atomic E-state index is 0.0770. The van der Waals surface area contributed by atoms with Crippen molar-refractivity contribution in [2.24, 2.45) is 0 Å². The maximum atomic E-state index is 12.1. The van der Waals surface area contributed by atoms with Gasteiger partial charge in [-0.05, 0) is 38.1 Å². The van der Waals surface area contributed by atoms with Gasteiger partial charge in [-0.2, -0.15) is 0 Å². The highest BCUT2D eigenvalue weighted by Crippen LogP contribution is 2.30. The van der Waals surface area contributed by atoms with E-state index in [-0.39, 0.29) is 5.02 Å². The van der Waals surface area contributed by atoms with Gasteiger partial charge in [0, 0.05) is 22.8 Å². The predicted molar refractivity (Wildman–Crippen MR) is 114 cm³/mol. The summed E-state index contributed by atoms with van der Waals surface area (Å²) in [6.07, 6.45) is 0. The molecule has 0 radical (unpaired) electrons. The van der Waals surface area contributed by atoms with E-state index in [1.165, 1.54) is 12.1 Å². The molecule has 170 valence electrons. The zero-order valence-corrected chi connectivity index (χ0v) is 17.9. The van der Waals surface area contributed by atoms with Crippen molar-refractivity contribution in [1.82, 2.24) is 5.32 Å². The number of nitrogens with one attached hydrogen (secondary N) is 2. The number of anilines is 1. The van der Waals surface area contributed by atoms with E-state index in [1.807, 2.05) is 12.2 Å². The number of nitro benzene ring substituents is 1. The number of ether oxygens (including phenoxy) is 3. The van der Waals surface area contributed by atoms with Crippen LogP contribution >= 0.6 is 11.6 Å². The summed E-state index contributed by atoms with van der Waals surface area (Å²) in [5, 5.41) is 15.5. The van der Waals surface area contributed by atoms with Crippen LogP contribution in [0.2, 0.25) is 5.02 Å². The summed E-state index contributed by atoms with van der Waals surface area (Å²) in [6.45, 7) is 3.57. The largest absolute Gasteiger partial charge is 0.490 e. The standard InChI is InChI=1S/C20H20ClN3O8/c1-3-30-16-8-6-13(10-17(16)31-4-2)22-20(27)23-18(25)11-32-19(26)14-9-12(21)5-7-15(14)24(28)29/h5-10H,3-4,11H2,1-2H3,(H2,22,23,25,27). The molecule has 12 heteroatoms. The minimum atomic E-state index is -1.14. The number of nitrogens with zero attached hydrogens (tertiary/aromatic N) is 1. The number of halogens is 1. The van der Waals surface area contributed by atoms with Gasteiger partial charge in [-0.3, -0.25) is 20.2 Å². The fourth-order valence-corrected chi connectivity index (χ4v) is 2.67. The lowest BCUT2D eigenvalue weighted by molar-refractivity contribution is -0.385. The molecule has 3 amide bonds. The molecule has 2 rings (SSSR count). The Labute approximate surface area is 187 Å². The molecule has 2 aromatic carbocycles. The normalized spacial score (nSPS) is 10.1. The molecule has 0 spiro atoms. The first-order valence-electron chi connectivity index (χ1n) is 9.36. The molecule has 2 aromatic rings. The Kier molecular flexibility index (Phi) is 8.78. The number of imide groups is 1. The number of rotatable bonds is 9. The molecular weight excluding hydrogens is 446 g/mol. The van der Waals surface area contributed by atoms with Crippen molar-refractivity contribution in [3.8, 4) is 11.5 Å². The molecule has 0 aliphatic heterocycles. The molecule has 0 bridgehead atoms. The van der Waals surface area contributed by atoms with Crippen LogP contribution in [0.3, 0.4) is 0 Å². The van der Waals surface area contributed by atoms with Crippen molar-refractivity contribution in [3.63, 3.8) is 0 Å². The Morgan fingerprint density at radius 1 is 1.03 bits per heavy atom. The van der Waals surface area contributed by atoms with Crippen LogP contribution in [0.1, 0.15) is 24.2 Å². The highest BCUT2D eigenvalue weighted by molar-refractivity contribution is 6.31. The van der Waals surface area contributed by atoms with Crippen LogP contribution in [-0.4, -0.2) is 42.7 Å². The Hall–Kier alpha value is -3.86. The maximum absolute atomic E-state index is 12.1. The summed E-state index contributed by atoms with van der Waals surface area (Å²) in [4.78, 5) is 46.3. The third kappa shape index (κ3) is 6.84. The summed E-state index contributed by atoms with van der Waals surface area (Å²) in [6, 6.07) is 7.13. The summed E-state index contributed by atoms with van der Waals surface area (Å²) in [5.41, 5.74) is -0.621. The second-order valence-corrected chi connectivity index (χ2v) is 6.46. The minimum Gasteiger partial charge on any atom is -0.490 e. The molecule has 2 N–H and O–H groups in total. The Morgan fingerprint density at radius 2 is 1.72 bits per heavy atom. The van der Waals surface area contributed by atoms with E-state index in [1.54, 1.807) is 19.1 Å². The molecule has 0 fully saturated rings. The van der Waals surface area contributed by atoms with Gasteiger partial charge in [0.1, 0.15) is 5.56 Å². The second-order valence-electron chi connectivity index (χ2n) is 6.02. The number of hydrogen-bond acceptors (Lipinski definition) is 8. The lowest BCUT2D eigenvalue weighted by atomic mass is 10.2. The van der Waals surface area contributed by atoms with Gasteiger partial charge in [0.15, 0.2) is 18.1 Å². The van der Waals surface area contributed by atoms with E-state index in [0.29, 0.717) is 30.4 Å². The number of carbonyl (C=O) groups is 3. The smallest absolute Gasteiger partial charge is 0.345 e. The van der Waals surface area contributed by atoms with Crippen LogP contribution in [0.5, 0.6) is 11.5 Å². The van der Waals surface area contributed by atoms with Crippen molar-refractivity contribution in [1.29, 1.82) is 0 Å². The van der Waals surface area contributed by atoms with Crippen LogP contribution < -0.4 is 20.1 Å². The third-order valence-electron chi connectivity index (χ3n) is 3.76. The lowest BCUT2D eigenvalue weighted by Gasteiger charge is -2.13. The van der Waals surface area contributed by atoms with Crippen molar-refractivity contribution >= 4 is 40.9 Å². The van der Waals surface area contributed by atoms with Gasteiger partial charge in [0.05, 0.1) is 18.1 Å². The van der Waals surface area contributed by atoms with Crippen LogP contribution in [0, 0.1) is 10.1 Å². The zero-order valence-electron chi connectivity index (χ0n) is 17.2. The number of benzene rings is 2. The van der Waals surface area contributed by atoms with Gasteiger partial charge >= 0.3 is 12.0 Å². The van der Waals surface area contributed by atoms with E-state index in [4.69, 9.17) is 25.8 Å². The van der Waals surface area contributed by atoms with Crippen LogP contribution in [0.25, 0.3) is 0 Å². The van der Waals surface area contributed by atoms with E-state index >= 15 is 0 Å². The number of urea groups is 1. The summed E-state index contributed by atoms with van der Waals surface area (Å²) in [7, 11) is 0. The fourth-order valence-electron chi connectivity index (χ4n) is 2.49. The first-order valence-corrected chi connectivity index (χ1v) is 9.74. The second kappa shape index (κ2) is 11.5. The van der Waals surface area contributed by atoms with Gasteiger partial charge in [-0.15, -0.1) is 0 Å². The summed E-state index contributed by atoms with van der Waals surface area (Å²) < 4.78 is 15.6. The van der Waals surface area contributed by atoms with Crippen molar-refractivity contribution in [3.05, 3.63) is 57.1 Å². The highest BCUT2D eigenvalue weighted by Gasteiger charge is 2.23. The van der Waals surface area contributed by atoms with Crippen molar-refractivity contribution < 1.29 is 33.5 Å². The van der Waals surface area contributed by atoms with Crippen molar-refractivity contribution in [2.45, 2.75) is 13.8 Å². The molecule has 11 nitrogen and oxygen atoms in total. The quantitative estimate of drug-likeness (QED) is 0.324. The topological polar surface area (TPSA) is 146 Å². The van der Waals surface area contributed by atoms with Crippen LogP contribution in [-0.2, 0) is 9.53 Å². The summed E-state index contributed by atoms with van der Waals surface area (Å²) in [5.74, 6) is -1.17. The average molecular weight is 466 g/mol. The molecule has 0 saturated carbocycles. The van der Waals surface area contributed by atoms with Crippen molar-refractivity contribution in [2.75, 3.05) is 25.1 Å². The third-order valence-corrected chi connectivity index (χ3v) is 4.00. The van der Waals surface area contributed by atoms with E-state index in [2.05, 4.69) is 5.32 Å². The van der Waals surface area contributed by atoms with Gasteiger partial charge in [-0.25, -0.2) is 9.59 Å². The number of esters is 1. The van der Waals surface area contributed by atoms with Gasteiger partial charge in [0.2, 0.25) is 0 Å². The number of amides is 3. The maximum Gasteiger partial charge on any atom is 0.345 e. The number of carbonyl (C=O) groups excluding carboxylic acids is 3. The monoisotopic (exact) mass is 465 g/mol. The number of hydrogen-bond donors (Lipinski definition) is 2.